The number of aryl methyl sites for hydroxylation is 1. The maximum absolute atomic E-state index is 12.6. The van der Waals surface area contributed by atoms with Crippen molar-refractivity contribution in [1.82, 2.24) is 15.6 Å². The summed E-state index contributed by atoms with van der Waals surface area (Å²) in [6.45, 7) is 7.58. The highest BCUT2D eigenvalue weighted by Gasteiger charge is 2.24. The van der Waals surface area contributed by atoms with Gasteiger partial charge in [0.2, 0.25) is 5.91 Å². The summed E-state index contributed by atoms with van der Waals surface area (Å²) in [4.78, 5) is 29.1. The van der Waals surface area contributed by atoms with Gasteiger partial charge in [-0.25, -0.2) is 9.78 Å². The Morgan fingerprint density at radius 2 is 1.92 bits per heavy atom. The first-order valence-corrected chi connectivity index (χ1v) is 9.33. The molecule has 2 rings (SSSR count). The zero-order chi connectivity index (χ0) is 19.2. The van der Waals surface area contributed by atoms with E-state index in [4.69, 9.17) is 4.74 Å². The summed E-state index contributed by atoms with van der Waals surface area (Å²) in [7, 11) is 0. The summed E-state index contributed by atoms with van der Waals surface area (Å²) in [5.74, 6) is -0.273. The summed E-state index contributed by atoms with van der Waals surface area (Å²) in [5.41, 5.74) is 1.13. The molecule has 0 spiro atoms. The highest BCUT2D eigenvalue weighted by Crippen LogP contribution is 2.10. The summed E-state index contributed by atoms with van der Waals surface area (Å²) >= 11 is 1.53. The first-order valence-electron chi connectivity index (χ1n) is 8.45. The van der Waals surface area contributed by atoms with Crippen molar-refractivity contribution in [3.63, 3.8) is 0 Å². The van der Waals surface area contributed by atoms with Gasteiger partial charge in [0, 0.05) is 11.8 Å². The molecule has 1 aromatic carbocycles. The lowest BCUT2D eigenvalue weighted by atomic mass is 10.1. The Balaban J connectivity index is 2.03. The Kier molecular flexibility index (Phi) is 6.74. The second-order valence-electron chi connectivity index (χ2n) is 6.96. The van der Waals surface area contributed by atoms with E-state index in [0.29, 0.717) is 13.0 Å². The number of amides is 2. The Morgan fingerprint density at radius 1 is 1.23 bits per heavy atom. The molecule has 2 aromatic rings. The van der Waals surface area contributed by atoms with Crippen LogP contribution in [-0.2, 0) is 22.5 Å². The van der Waals surface area contributed by atoms with E-state index in [1.54, 1.807) is 20.8 Å². The van der Waals surface area contributed by atoms with Crippen LogP contribution >= 0.6 is 11.3 Å². The van der Waals surface area contributed by atoms with E-state index >= 15 is 0 Å². The van der Waals surface area contributed by atoms with Gasteiger partial charge in [-0.15, -0.1) is 11.3 Å². The van der Waals surface area contributed by atoms with Crippen LogP contribution in [0.15, 0.2) is 35.7 Å². The summed E-state index contributed by atoms with van der Waals surface area (Å²) in [6.07, 6.45) is -0.236. The van der Waals surface area contributed by atoms with Gasteiger partial charge in [-0.2, -0.15) is 0 Å². The van der Waals surface area contributed by atoms with Gasteiger partial charge < -0.3 is 15.4 Å². The molecule has 0 saturated carbocycles. The zero-order valence-electron chi connectivity index (χ0n) is 15.5. The van der Waals surface area contributed by atoms with Crippen LogP contribution in [0.1, 0.15) is 37.0 Å². The van der Waals surface area contributed by atoms with Crippen LogP contribution in [0.25, 0.3) is 0 Å². The summed E-state index contributed by atoms with van der Waals surface area (Å²) in [6, 6.07) is 8.81. The summed E-state index contributed by atoms with van der Waals surface area (Å²) in [5, 5.41) is 8.36. The zero-order valence-corrected chi connectivity index (χ0v) is 16.4. The van der Waals surface area contributed by atoms with Crippen LogP contribution in [-0.4, -0.2) is 28.6 Å². The molecule has 0 radical (unpaired) electrons. The van der Waals surface area contributed by atoms with Crippen LogP contribution in [0.4, 0.5) is 4.79 Å². The van der Waals surface area contributed by atoms with Gasteiger partial charge in [0.1, 0.15) is 11.6 Å². The molecule has 1 atom stereocenters. The standard InChI is InChI=1S/C19H25N3O3S/c1-13-21-15(12-26-13)11-20-17(23)16(10-14-8-6-5-7-9-14)22-18(24)25-19(2,3)4/h5-9,12,16H,10-11H2,1-4H3,(H,20,23)(H,22,24). The van der Waals surface area contributed by atoms with Crippen molar-refractivity contribution in [3.05, 3.63) is 52.0 Å². The van der Waals surface area contributed by atoms with E-state index in [-0.39, 0.29) is 5.91 Å². The number of ether oxygens (including phenoxy) is 1. The van der Waals surface area contributed by atoms with E-state index in [1.165, 1.54) is 11.3 Å². The molecule has 140 valence electrons. The van der Waals surface area contributed by atoms with E-state index in [9.17, 15) is 9.59 Å². The highest BCUT2D eigenvalue weighted by atomic mass is 32.1. The average Bonchev–Trinajstić information content (AvgIpc) is 2.96. The minimum absolute atomic E-state index is 0.273. The van der Waals surface area contributed by atoms with Gasteiger partial charge in [0.05, 0.1) is 17.2 Å². The Morgan fingerprint density at radius 3 is 2.50 bits per heavy atom. The molecule has 0 bridgehead atoms. The number of rotatable bonds is 6. The van der Waals surface area contributed by atoms with Crippen molar-refractivity contribution in [3.8, 4) is 0 Å². The fourth-order valence-corrected chi connectivity index (χ4v) is 2.91. The number of benzene rings is 1. The Labute approximate surface area is 158 Å². The number of nitrogens with one attached hydrogen (secondary N) is 2. The molecule has 0 aliphatic heterocycles. The first-order chi connectivity index (χ1) is 12.2. The maximum atomic E-state index is 12.6. The number of thiazole rings is 1. The predicted octanol–water partition coefficient (Wildman–Crippen LogP) is 3.20. The second kappa shape index (κ2) is 8.80. The van der Waals surface area contributed by atoms with Gasteiger partial charge >= 0.3 is 6.09 Å². The number of hydrogen-bond acceptors (Lipinski definition) is 5. The van der Waals surface area contributed by atoms with Crippen LogP contribution < -0.4 is 10.6 Å². The van der Waals surface area contributed by atoms with Crippen molar-refractivity contribution < 1.29 is 14.3 Å². The molecular weight excluding hydrogens is 350 g/mol. The first kappa shape index (κ1) is 19.9. The van der Waals surface area contributed by atoms with Crippen molar-refractivity contribution in [2.24, 2.45) is 0 Å². The number of carbonyl (C=O) groups is 2. The quantitative estimate of drug-likeness (QED) is 0.812. The van der Waals surface area contributed by atoms with Crippen molar-refractivity contribution >= 4 is 23.3 Å². The Hall–Kier alpha value is -2.41. The fraction of sp³-hybridized carbons (Fsp3) is 0.421. The van der Waals surface area contributed by atoms with E-state index < -0.39 is 17.7 Å². The van der Waals surface area contributed by atoms with Gasteiger partial charge in [-0.05, 0) is 33.3 Å². The third-order valence-corrected chi connectivity index (χ3v) is 4.22. The molecule has 1 unspecified atom stereocenters. The highest BCUT2D eigenvalue weighted by molar-refractivity contribution is 7.09. The Bertz CT molecular complexity index is 738. The molecular formula is C19H25N3O3S. The van der Waals surface area contributed by atoms with Crippen LogP contribution in [0.3, 0.4) is 0 Å². The lowest BCUT2D eigenvalue weighted by Gasteiger charge is -2.23. The second-order valence-corrected chi connectivity index (χ2v) is 8.03. The molecule has 2 N–H and O–H groups in total. The maximum Gasteiger partial charge on any atom is 0.408 e. The minimum atomic E-state index is -0.730. The molecule has 2 amide bonds. The number of nitrogens with zero attached hydrogens (tertiary/aromatic N) is 1. The van der Waals surface area contributed by atoms with Crippen molar-refractivity contribution in [2.45, 2.75) is 52.3 Å². The third-order valence-electron chi connectivity index (χ3n) is 3.40. The molecule has 26 heavy (non-hydrogen) atoms. The largest absolute Gasteiger partial charge is 0.444 e. The van der Waals surface area contributed by atoms with E-state index in [1.807, 2.05) is 42.6 Å². The van der Waals surface area contributed by atoms with Gasteiger partial charge in [0.25, 0.3) is 0 Å². The molecule has 0 aliphatic carbocycles. The molecule has 6 nitrogen and oxygen atoms in total. The van der Waals surface area contributed by atoms with E-state index in [0.717, 1.165) is 16.3 Å². The molecule has 7 heteroatoms. The van der Waals surface area contributed by atoms with Crippen molar-refractivity contribution in [1.29, 1.82) is 0 Å². The number of hydrogen-bond donors (Lipinski definition) is 2. The fourth-order valence-electron chi connectivity index (χ4n) is 2.30. The van der Waals surface area contributed by atoms with Gasteiger partial charge in [0.15, 0.2) is 0 Å². The monoisotopic (exact) mass is 375 g/mol. The molecule has 0 saturated heterocycles. The van der Waals surface area contributed by atoms with Gasteiger partial charge in [-0.3, -0.25) is 4.79 Å². The van der Waals surface area contributed by atoms with Gasteiger partial charge in [-0.1, -0.05) is 30.3 Å². The smallest absolute Gasteiger partial charge is 0.408 e. The molecule has 0 fully saturated rings. The number of alkyl carbamates (subject to hydrolysis) is 1. The topological polar surface area (TPSA) is 80.3 Å². The molecule has 0 aliphatic rings. The SMILES string of the molecule is Cc1nc(CNC(=O)C(Cc2ccccc2)NC(=O)OC(C)(C)C)cs1. The average molecular weight is 375 g/mol. The summed E-state index contributed by atoms with van der Waals surface area (Å²) < 4.78 is 5.28. The lowest BCUT2D eigenvalue weighted by molar-refractivity contribution is -0.123. The number of carbonyl (C=O) groups excluding carboxylic acids is 2. The predicted molar refractivity (Wildman–Crippen MR) is 102 cm³/mol. The minimum Gasteiger partial charge on any atom is -0.444 e. The van der Waals surface area contributed by atoms with E-state index in [2.05, 4.69) is 15.6 Å². The molecule has 1 heterocycles. The molecule has 1 aromatic heterocycles. The lowest BCUT2D eigenvalue weighted by Crippen LogP contribution is -2.49. The van der Waals surface area contributed by atoms with Crippen LogP contribution in [0.2, 0.25) is 0 Å². The number of aromatic nitrogens is 1. The third kappa shape index (κ3) is 6.84. The normalized spacial score (nSPS) is 12.3. The van der Waals surface area contributed by atoms with Crippen LogP contribution in [0.5, 0.6) is 0 Å². The van der Waals surface area contributed by atoms with Crippen molar-refractivity contribution in [2.75, 3.05) is 0 Å². The van der Waals surface area contributed by atoms with Crippen LogP contribution in [0, 0.1) is 6.92 Å².